The Balaban J connectivity index is 2.48. The molecule has 3 rings (SSSR count). The lowest BCUT2D eigenvalue weighted by Gasteiger charge is -2.25. The first kappa shape index (κ1) is 19.5. The van der Waals surface area contributed by atoms with Gasteiger partial charge in [0.15, 0.2) is 0 Å². The van der Waals surface area contributed by atoms with Crippen LogP contribution < -0.4 is 9.47 Å². The standard InChI is InChI=1S/C23H23NO4/c1-14(25)27-19-12-10-17(23(3,4)5)21-16(19)9-11-20(28-15(2)26)22(21)18-8-6-7-13-24-18/h6-13H,1-5H3. The van der Waals surface area contributed by atoms with E-state index in [1.54, 1.807) is 18.3 Å². The van der Waals surface area contributed by atoms with Crippen LogP contribution in [0.2, 0.25) is 0 Å². The number of esters is 2. The monoisotopic (exact) mass is 377 g/mol. The van der Waals surface area contributed by atoms with E-state index in [1.807, 2.05) is 30.3 Å². The van der Waals surface area contributed by atoms with Crippen LogP contribution in [0.5, 0.6) is 11.5 Å². The first-order valence-electron chi connectivity index (χ1n) is 9.07. The van der Waals surface area contributed by atoms with E-state index in [0.29, 0.717) is 22.8 Å². The Kier molecular flexibility index (Phi) is 5.18. The van der Waals surface area contributed by atoms with Gasteiger partial charge < -0.3 is 9.47 Å². The van der Waals surface area contributed by atoms with Crippen molar-refractivity contribution in [3.8, 4) is 22.8 Å². The van der Waals surface area contributed by atoms with Crippen molar-refractivity contribution in [1.29, 1.82) is 0 Å². The molecule has 1 heterocycles. The van der Waals surface area contributed by atoms with Gasteiger partial charge in [-0.05, 0) is 41.3 Å². The number of carbonyl (C=O) groups excluding carboxylic acids is 2. The molecule has 0 atom stereocenters. The van der Waals surface area contributed by atoms with Crippen molar-refractivity contribution in [2.24, 2.45) is 0 Å². The Morgan fingerprint density at radius 3 is 2.07 bits per heavy atom. The molecule has 0 fully saturated rings. The van der Waals surface area contributed by atoms with E-state index >= 15 is 0 Å². The van der Waals surface area contributed by atoms with Crippen LogP contribution in [0, 0.1) is 0 Å². The second-order valence-corrected chi connectivity index (χ2v) is 7.62. The summed E-state index contributed by atoms with van der Waals surface area (Å²) in [5.74, 6) is 0.0736. The molecule has 5 heteroatoms. The minimum absolute atomic E-state index is 0.203. The highest BCUT2D eigenvalue weighted by Gasteiger charge is 2.24. The molecule has 2 aromatic carbocycles. The maximum absolute atomic E-state index is 11.7. The average Bonchev–Trinajstić information content (AvgIpc) is 2.60. The van der Waals surface area contributed by atoms with Crippen LogP contribution in [-0.4, -0.2) is 16.9 Å². The molecule has 0 unspecified atom stereocenters. The third kappa shape index (κ3) is 3.88. The highest BCUT2D eigenvalue weighted by atomic mass is 16.5. The molecule has 28 heavy (non-hydrogen) atoms. The summed E-state index contributed by atoms with van der Waals surface area (Å²) >= 11 is 0. The lowest BCUT2D eigenvalue weighted by molar-refractivity contribution is -0.132. The van der Waals surface area contributed by atoms with Crippen LogP contribution in [0.25, 0.3) is 22.0 Å². The molecule has 0 spiro atoms. The number of benzene rings is 2. The molecule has 3 aromatic rings. The summed E-state index contributed by atoms with van der Waals surface area (Å²) in [6.45, 7) is 9.05. The van der Waals surface area contributed by atoms with Crippen molar-refractivity contribution >= 4 is 22.7 Å². The van der Waals surface area contributed by atoms with Gasteiger partial charge in [-0.2, -0.15) is 0 Å². The van der Waals surface area contributed by atoms with Gasteiger partial charge in [0.1, 0.15) is 11.5 Å². The third-order valence-corrected chi connectivity index (χ3v) is 4.34. The summed E-state index contributed by atoms with van der Waals surface area (Å²) in [6, 6.07) is 12.9. The number of hydrogen-bond donors (Lipinski definition) is 0. The van der Waals surface area contributed by atoms with E-state index in [0.717, 1.165) is 16.3 Å². The number of hydrogen-bond acceptors (Lipinski definition) is 5. The van der Waals surface area contributed by atoms with E-state index in [4.69, 9.17) is 9.47 Å². The highest BCUT2D eigenvalue weighted by Crippen LogP contribution is 2.44. The van der Waals surface area contributed by atoms with Crippen molar-refractivity contribution in [2.75, 3.05) is 0 Å². The normalized spacial score (nSPS) is 11.3. The summed E-state index contributed by atoms with van der Waals surface area (Å²) in [5.41, 5.74) is 2.21. The van der Waals surface area contributed by atoms with Crippen molar-refractivity contribution in [3.05, 3.63) is 54.2 Å². The Bertz CT molecular complexity index is 1050. The molecule has 0 saturated heterocycles. The van der Waals surface area contributed by atoms with Gasteiger partial charge in [0.25, 0.3) is 0 Å². The van der Waals surface area contributed by atoms with Gasteiger partial charge in [0, 0.05) is 30.8 Å². The number of ether oxygens (including phenoxy) is 2. The van der Waals surface area contributed by atoms with Crippen molar-refractivity contribution in [3.63, 3.8) is 0 Å². The highest BCUT2D eigenvalue weighted by molar-refractivity contribution is 6.05. The lowest BCUT2D eigenvalue weighted by Crippen LogP contribution is -2.13. The topological polar surface area (TPSA) is 65.5 Å². The summed E-state index contributed by atoms with van der Waals surface area (Å²) in [4.78, 5) is 27.8. The summed E-state index contributed by atoms with van der Waals surface area (Å²) < 4.78 is 10.9. The lowest BCUT2D eigenvalue weighted by atomic mass is 9.81. The van der Waals surface area contributed by atoms with Gasteiger partial charge in [-0.3, -0.25) is 14.6 Å². The molecule has 0 bridgehead atoms. The molecular weight excluding hydrogens is 354 g/mol. The van der Waals surface area contributed by atoms with E-state index in [1.165, 1.54) is 13.8 Å². The van der Waals surface area contributed by atoms with Gasteiger partial charge in [-0.1, -0.05) is 32.9 Å². The fourth-order valence-corrected chi connectivity index (χ4v) is 3.27. The van der Waals surface area contributed by atoms with Gasteiger partial charge in [0.05, 0.1) is 11.3 Å². The maximum atomic E-state index is 11.7. The largest absolute Gasteiger partial charge is 0.426 e. The van der Waals surface area contributed by atoms with E-state index < -0.39 is 11.9 Å². The summed E-state index contributed by atoms with van der Waals surface area (Å²) in [6.07, 6.45) is 1.69. The van der Waals surface area contributed by atoms with E-state index in [9.17, 15) is 9.59 Å². The molecule has 0 aliphatic rings. The number of nitrogens with zero attached hydrogens (tertiary/aromatic N) is 1. The SMILES string of the molecule is CC(=O)Oc1ccc2c(OC(C)=O)ccc(C(C)(C)C)c2c1-c1ccccn1. The fraction of sp³-hybridized carbons (Fsp3) is 0.261. The first-order valence-corrected chi connectivity index (χ1v) is 9.07. The van der Waals surface area contributed by atoms with Crippen LogP contribution in [0.4, 0.5) is 0 Å². The maximum Gasteiger partial charge on any atom is 0.308 e. The smallest absolute Gasteiger partial charge is 0.308 e. The van der Waals surface area contributed by atoms with Gasteiger partial charge >= 0.3 is 11.9 Å². The Morgan fingerprint density at radius 1 is 0.857 bits per heavy atom. The number of fused-ring (bicyclic) bond motifs is 1. The van der Waals surface area contributed by atoms with Crippen LogP contribution >= 0.6 is 0 Å². The second kappa shape index (κ2) is 7.43. The Labute approximate surface area is 164 Å². The van der Waals surface area contributed by atoms with Crippen LogP contribution in [0.3, 0.4) is 0 Å². The van der Waals surface area contributed by atoms with E-state index in [-0.39, 0.29) is 5.41 Å². The minimum atomic E-state index is -0.412. The number of pyridine rings is 1. The molecular formula is C23H23NO4. The number of rotatable bonds is 3. The summed E-state index contributed by atoms with van der Waals surface area (Å²) in [7, 11) is 0. The molecule has 0 aliphatic heterocycles. The number of aromatic nitrogens is 1. The van der Waals surface area contributed by atoms with Crippen LogP contribution in [-0.2, 0) is 15.0 Å². The zero-order valence-electron chi connectivity index (χ0n) is 16.7. The van der Waals surface area contributed by atoms with Crippen molar-refractivity contribution in [2.45, 2.75) is 40.0 Å². The molecule has 5 nitrogen and oxygen atoms in total. The molecule has 144 valence electrons. The van der Waals surface area contributed by atoms with Crippen molar-refractivity contribution in [1.82, 2.24) is 4.98 Å². The third-order valence-electron chi connectivity index (χ3n) is 4.34. The minimum Gasteiger partial charge on any atom is -0.426 e. The number of carbonyl (C=O) groups is 2. The van der Waals surface area contributed by atoms with Gasteiger partial charge in [-0.25, -0.2) is 0 Å². The Morgan fingerprint density at radius 2 is 1.50 bits per heavy atom. The summed E-state index contributed by atoms with van der Waals surface area (Å²) in [5, 5.41) is 1.61. The van der Waals surface area contributed by atoms with Gasteiger partial charge in [-0.15, -0.1) is 0 Å². The Hall–Kier alpha value is -3.21. The van der Waals surface area contributed by atoms with Crippen molar-refractivity contribution < 1.29 is 19.1 Å². The molecule has 0 aliphatic carbocycles. The van der Waals surface area contributed by atoms with Crippen LogP contribution in [0.1, 0.15) is 40.2 Å². The molecule has 0 saturated carbocycles. The predicted octanol–water partition coefficient (Wildman–Crippen LogP) is 5.05. The molecule has 0 radical (unpaired) electrons. The predicted molar refractivity (Wildman–Crippen MR) is 108 cm³/mol. The fourth-order valence-electron chi connectivity index (χ4n) is 3.27. The molecule has 0 N–H and O–H groups in total. The van der Waals surface area contributed by atoms with E-state index in [2.05, 4.69) is 25.8 Å². The first-order chi connectivity index (χ1) is 13.2. The average molecular weight is 377 g/mol. The molecule has 1 aromatic heterocycles. The quantitative estimate of drug-likeness (QED) is 0.472. The van der Waals surface area contributed by atoms with Gasteiger partial charge in [0.2, 0.25) is 0 Å². The molecule has 0 amide bonds. The zero-order valence-corrected chi connectivity index (χ0v) is 16.7. The second-order valence-electron chi connectivity index (χ2n) is 7.62. The van der Waals surface area contributed by atoms with Crippen LogP contribution in [0.15, 0.2) is 48.7 Å². The zero-order chi connectivity index (χ0) is 20.5.